The first-order valence-corrected chi connectivity index (χ1v) is 10.1. The predicted octanol–water partition coefficient (Wildman–Crippen LogP) is 5.32. The van der Waals surface area contributed by atoms with Crippen LogP contribution in [0.15, 0.2) is 71.7 Å². The van der Waals surface area contributed by atoms with E-state index in [0.717, 1.165) is 27.8 Å². The molecule has 0 aliphatic heterocycles. The maximum Gasteiger partial charge on any atom is 0.573 e. The first kappa shape index (κ1) is 22.5. The Labute approximate surface area is 191 Å². The minimum Gasteiger partial charge on any atom is -0.493 e. The fraction of sp³-hybridized carbons (Fsp3) is 0.130. The smallest absolute Gasteiger partial charge is 0.493 e. The van der Waals surface area contributed by atoms with Crippen LogP contribution in [0.25, 0.3) is 16.9 Å². The molecule has 0 radical (unpaired) electrons. The Balaban J connectivity index is 1.66. The summed E-state index contributed by atoms with van der Waals surface area (Å²) in [4.78, 5) is 17.4. The highest BCUT2D eigenvalue weighted by molar-refractivity contribution is 6.33. The van der Waals surface area contributed by atoms with Crippen LogP contribution in [-0.4, -0.2) is 25.6 Å². The minimum absolute atomic E-state index is 0.139. The van der Waals surface area contributed by atoms with E-state index in [1.165, 1.54) is 16.7 Å². The van der Waals surface area contributed by atoms with Crippen molar-refractivity contribution in [1.29, 1.82) is 0 Å². The molecule has 0 aliphatic carbocycles. The molecule has 4 rings (SSSR count). The third kappa shape index (κ3) is 4.73. The van der Waals surface area contributed by atoms with E-state index in [-0.39, 0.29) is 18.1 Å². The summed E-state index contributed by atoms with van der Waals surface area (Å²) in [6, 6.07) is 15.4. The van der Waals surface area contributed by atoms with Gasteiger partial charge in [0.2, 0.25) is 5.88 Å². The summed E-state index contributed by atoms with van der Waals surface area (Å²) < 4.78 is 43.4. The van der Waals surface area contributed by atoms with Crippen LogP contribution < -0.4 is 10.4 Å². The van der Waals surface area contributed by atoms with Crippen LogP contribution >= 0.6 is 11.6 Å². The number of imidazole rings is 1. The molecular formula is C23H17ClF3N3O3. The van der Waals surface area contributed by atoms with Crippen molar-refractivity contribution in [2.75, 3.05) is 0 Å². The molecule has 0 amide bonds. The van der Waals surface area contributed by atoms with Crippen LogP contribution in [0.5, 0.6) is 11.6 Å². The van der Waals surface area contributed by atoms with Gasteiger partial charge in [-0.1, -0.05) is 29.8 Å². The number of benzene rings is 2. The number of halogens is 4. The third-order valence-corrected chi connectivity index (χ3v) is 5.34. The Morgan fingerprint density at radius 3 is 2.45 bits per heavy atom. The van der Waals surface area contributed by atoms with E-state index in [2.05, 4.69) is 9.72 Å². The molecule has 0 aliphatic rings. The van der Waals surface area contributed by atoms with Crippen molar-refractivity contribution >= 4 is 11.6 Å². The molecule has 0 bridgehead atoms. The number of nitrogens with zero attached hydrogens (tertiary/aromatic N) is 3. The van der Waals surface area contributed by atoms with Crippen molar-refractivity contribution < 1.29 is 23.0 Å². The molecule has 0 unspecified atom stereocenters. The minimum atomic E-state index is -4.83. The fourth-order valence-corrected chi connectivity index (χ4v) is 3.66. The van der Waals surface area contributed by atoms with Gasteiger partial charge in [0.05, 0.1) is 23.6 Å². The first-order valence-electron chi connectivity index (χ1n) is 9.71. The first-order chi connectivity index (χ1) is 15.6. The van der Waals surface area contributed by atoms with Gasteiger partial charge in [-0.05, 0) is 55.0 Å². The summed E-state index contributed by atoms with van der Waals surface area (Å²) in [5, 5.41) is 11.1. The lowest BCUT2D eigenvalue weighted by Gasteiger charge is -2.09. The lowest BCUT2D eigenvalue weighted by Crippen LogP contribution is -2.24. The van der Waals surface area contributed by atoms with Gasteiger partial charge in [0, 0.05) is 16.8 Å². The van der Waals surface area contributed by atoms with E-state index >= 15 is 0 Å². The molecule has 6 nitrogen and oxygen atoms in total. The predicted molar refractivity (Wildman–Crippen MR) is 117 cm³/mol. The van der Waals surface area contributed by atoms with Crippen molar-refractivity contribution in [3.8, 4) is 28.6 Å². The zero-order valence-corrected chi connectivity index (χ0v) is 17.9. The molecule has 0 saturated carbocycles. The van der Waals surface area contributed by atoms with Gasteiger partial charge in [-0.15, -0.1) is 13.2 Å². The SMILES string of the molecule is Cc1c(O)n(-c2ccc(OC(F)(F)F)cc2)c(=O)n1Cc1ccnc(-c2ccccc2Cl)c1. The van der Waals surface area contributed by atoms with Crippen LogP contribution in [0.1, 0.15) is 11.3 Å². The molecule has 10 heteroatoms. The molecule has 0 atom stereocenters. The molecule has 2 aromatic heterocycles. The second-order valence-electron chi connectivity index (χ2n) is 7.18. The van der Waals surface area contributed by atoms with Crippen molar-refractivity contribution in [1.82, 2.24) is 14.1 Å². The van der Waals surface area contributed by atoms with E-state index in [9.17, 15) is 23.1 Å². The lowest BCUT2D eigenvalue weighted by atomic mass is 10.1. The van der Waals surface area contributed by atoms with Gasteiger partial charge in [0.15, 0.2) is 0 Å². The van der Waals surface area contributed by atoms with E-state index in [0.29, 0.717) is 16.4 Å². The monoisotopic (exact) mass is 475 g/mol. The second kappa shape index (κ2) is 8.67. The average molecular weight is 476 g/mol. The molecule has 2 heterocycles. The van der Waals surface area contributed by atoms with Crippen molar-refractivity contribution in [3.05, 3.63) is 93.6 Å². The van der Waals surface area contributed by atoms with Crippen molar-refractivity contribution in [2.24, 2.45) is 0 Å². The highest BCUT2D eigenvalue weighted by Crippen LogP contribution is 2.28. The summed E-state index contributed by atoms with van der Waals surface area (Å²) in [6.45, 7) is 1.71. The number of hydrogen-bond acceptors (Lipinski definition) is 4. The molecule has 4 aromatic rings. The van der Waals surface area contributed by atoms with Crippen molar-refractivity contribution in [2.45, 2.75) is 19.8 Å². The van der Waals surface area contributed by atoms with E-state index < -0.39 is 17.8 Å². The molecule has 33 heavy (non-hydrogen) atoms. The Morgan fingerprint density at radius 2 is 1.79 bits per heavy atom. The summed E-state index contributed by atoms with van der Waals surface area (Å²) in [6.07, 6.45) is -3.22. The van der Waals surface area contributed by atoms with Gasteiger partial charge >= 0.3 is 12.1 Å². The highest BCUT2D eigenvalue weighted by Gasteiger charge is 2.31. The normalized spacial score (nSPS) is 11.5. The molecule has 2 aromatic carbocycles. The van der Waals surface area contributed by atoms with Gasteiger partial charge in [0.1, 0.15) is 5.75 Å². The highest BCUT2D eigenvalue weighted by atomic mass is 35.5. The van der Waals surface area contributed by atoms with Gasteiger partial charge in [-0.2, -0.15) is 0 Å². The molecule has 0 fully saturated rings. The topological polar surface area (TPSA) is 69.3 Å². The molecule has 170 valence electrons. The van der Waals surface area contributed by atoms with E-state index in [1.54, 1.807) is 31.3 Å². The van der Waals surface area contributed by atoms with Gasteiger partial charge in [0.25, 0.3) is 0 Å². The Kier molecular flexibility index (Phi) is 5.90. The number of aromatic nitrogens is 3. The molecule has 0 spiro atoms. The second-order valence-corrected chi connectivity index (χ2v) is 7.59. The summed E-state index contributed by atoms with van der Waals surface area (Å²) >= 11 is 6.26. The summed E-state index contributed by atoms with van der Waals surface area (Å²) in [5.41, 5.74) is 2.06. The molecule has 1 N–H and O–H groups in total. The Hall–Kier alpha value is -3.72. The average Bonchev–Trinajstić information content (AvgIpc) is 2.97. The number of ether oxygens (including phenoxy) is 1. The lowest BCUT2D eigenvalue weighted by molar-refractivity contribution is -0.274. The van der Waals surface area contributed by atoms with Crippen LogP contribution in [-0.2, 0) is 6.54 Å². The fourth-order valence-electron chi connectivity index (χ4n) is 3.42. The molecule has 0 saturated heterocycles. The number of pyridine rings is 1. The Bertz CT molecular complexity index is 1360. The zero-order valence-electron chi connectivity index (χ0n) is 17.2. The van der Waals surface area contributed by atoms with E-state index in [1.807, 2.05) is 18.2 Å². The third-order valence-electron chi connectivity index (χ3n) is 5.01. The summed E-state index contributed by atoms with van der Waals surface area (Å²) in [7, 11) is 0. The number of hydrogen-bond donors (Lipinski definition) is 1. The van der Waals surface area contributed by atoms with Crippen LogP contribution in [0.4, 0.5) is 13.2 Å². The van der Waals surface area contributed by atoms with E-state index in [4.69, 9.17) is 11.6 Å². The van der Waals surface area contributed by atoms with Gasteiger partial charge in [-0.25, -0.2) is 9.36 Å². The standard InChI is InChI=1S/C23H17ClF3N3O3/c1-14-21(31)30(16-6-8-17(9-7-16)33-23(25,26)27)22(32)29(14)13-15-10-11-28-20(12-15)18-4-2-3-5-19(18)24/h2-12,31H,13H2,1H3. The maximum absolute atomic E-state index is 13.1. The number of alkyl halides is 3. The number of aromatic hydroxyl groups is 1. The molecular weight excluding hydrogens is 459 g/mol. The largest absolute Gasteiger partial charge is 0.573 e. The zero-order chi connectivity index (χ0) is 23.8. The van der Waals surface area contributed by atoms with Gasteiger partial charge in [-0.3, -0.25) is 9.55 Å². The van der Waals surface area contributed by atoms with Crippen LogP contribution in [0.2, 0.25) is 5.02 Å². The van der Waals surface area contributed by atoms with Gasteiger partial charge < -0.3 is 9.84 Å². The van der Waals surface area contributed by atoms with Crippen LogP contribution in [0.3, 0.4) is 0 Å². The quantitative estimate of drug-likeness (QED) is 0.424. The maximum atomic E-state index is 13.1. The van der Waals surface area contributed by atoms with Crippen molar-refractivity contribution in [3.63, 3.8) is 0 Å². The Morgan fingerprint density at radius 1 is 1.09 bits per heavy atom. The number of rotatable bonds is 5. The van der Waals surface area contributed by atoms with Crippen LogP contribution in [0, 0.1) is 6.92 Å². The summed E-state index contributed by atoms with van der Waals surface area (Å²) in [5.74, 6) is -0.747.